The van der Waals surface area contributed by atoms with E-state index in [9.17, 15) is 0 Å². The summed E-state index contributed by atoms with van der Waals surface area (Å²) in [5, 5.41) is 4.04. The summed E-state index contributed by atoms with van der Waals surface area (Å²) in [5.41, 5.74) is 0.866. The van der Waals surface area contributed by atoms with Crippen LogP contribution >= 0.6 is 11.6 Å². The minimum absolute atomic E-state index is 0.623. The third kappa shape index (κ3) is 4.46. The first-order chi connectivity index (χ1) is 8.65. The number of nitrogens with one attached hydrogen (secondary N) is 1. The van der Waals surface area contributed by atoms with Crippen LogP contribution in [0.15, 0.2) is 12.1 Å². The Bertz CT molecular complexity index is 391. The number of aromatic nitrogens is 1. The monoisotopic (exact) mass is 268 g/mol. The highest BCUT2D eigenvalue weighted by molar-refractivity contribution is 6.31. The minimum Gasteiger partial charge on any atom is -0.477 e. The lowest BCUT2D eigenvalue weighted by molar-refractivity contribution is 0.287. The van der Waals surface area contributed by atoms with Crippen LogP contribution in [0.2, 0.25) is 5.02 Å². The maximum atomic E-state index is 6.13. The van der Waals surface area contributed by atoms with Crippen molar-refractivity contribution in [2.75, 3.05) is 13.2 Å². The van der Waals surface area contributed by atoms with Crippen LogP contribution in [-0.2, 0) is 6.54 Å². The molecule has 100 valence electrons. The van der Waals surface area contributed by atoms with Gasteiger partial charge >= 0.3 is 0 Å². The molecule has 0 aliphatic heterocycles. The van der Waals surface area contributed by atoms with Crippen molar-refractivity contribution in [2.24, 2.45) is 11.8 Å². The Hall–Kier alpha value is -0.800. The van der Waals surface area contributed by atoms with E-state index < -0.39 is 0 Å². The van der Waals surface area contributed by atoms with Gasteiger partial charge in [0, 0.05) is 12.6 Å². The first-order valence-corrected chi connectivity index (χ1v) is 7.02. The number of hydrogen-bond donors (Lipinski definition) is 1. The molecule has 1 aromatic rings. The van der Waals surface area contributed by atoms with Crippen LogP contribution in [-0.4, -0.2) is 18.1 Å². The molecule has 18 heavy (non-hydrogen) atoms. The van der Waals surface area contributed by atoms with Crippen LogP contribution < -0.4 is 10.1 Å². The van der Waals surface area contributed by atoms with Crippen molar-refractivity contribution in [2.45, 2.75) is 33.2 Å². The maximum absolute atomic E-state index is 6.13. The van der Waals surface area contributed by atoms with Crippen molar-refractivity contribution >= 4 is 11.6 Å². The van der Waals surface area contributed by atoms with E-state index >= 15 is 0 Å². The molecule has 4 heteroatoms. The van der Waals surface area contributed by atoms with Crippen LogP contribution in [0, 0.1) is 11.8 Å². The minimum atomic E-state index is 0.623. The van der Waals surface area contributed by atoms with Crippen molar-refractivity contribution in [1.29, 1.82) is 0 Å². The largest absolute Gasteiger partial charge is 0.477 e. The molecule has 1 fully saturated rings. The Morgan fingerprint density at radius 1 is 1.44 bits per heavy atom. The van der Waals surface area contributed by atoms with Gasteiger partial charge < -0.3 is 10.1 Å². The van der Waals surface area contributed by atoms with Gasteiger partial charge in [-0.15, -0.1) is 0 Å². The fourth-order valence-electron chi connectivity index (χ4n) is 1.64. The Morgan fingerprint density at radius 3 is 2.89 bits per heavy atom. The lowest BCUT2D eigenvalue weighted by atomic mass is 10.2. The lowest BCUT2D eigenvalue weighted by Crippen LogP contribution is -2.20. The molecule has 1 heterocycles. The van der Waals surface area contributed by atoms with E-state index in [0.717, 1.165) is 24.8 Å². The van der Waals surface area contributed by atoms with Gasteiger partial charge in [-0.3, -0.25) is 0 Å². The van der Waals surface area contributed by atoms with Gasteiger partial charge in [-0.05, 0) is 37.3 Å². The fraction of sp³-hybridized carbons (Fsp3) is 0.643. The number of rotatable bonds is 7. The van der Waals surface area contributed by atoms with Gasteiger partial charge in [-0.2, -0.15) is 0 Å². The number of nitrogens with zero attached hydrogens (tertiary/aromatic N) is 1. The molecular formula is C14H21ClN2O. The predicted molar refractivity (Wildman–Crippen MR) is 74.0 cm³/mol. The van der Waals surface area contributed by atoms with E-state index in [0.29, 0.717) is 23.4 Å². The molecule has 1 N–H and O–H groups in total. The van der Waals surface area contributed by atoms with Gasteiger partial charge in [0.25, 0.3) is 0 Å². The van der Waals surface area contributed by atoms with E-state index in [2.05, 4.69) is 24.1 Å². The second kappa shape index (κ2) is 6.39. The molecule has 1 saturated carbocycles. The van der Waals surface area contributed by atoms with Crippen molar-refractivity contribution in [3.63, 3.8) is 0 Å². The number of ether oxygens (including phenoxy) is 1. The topological polar surface area (TPSA) is 34.2 Å². The molecule has 1 aliphatic carbocycles. The van der Waals surface area contributed by atoms with Crippen LogP contribution in [0.3, 0.4) is 0 Å². The van der Waals surface area contributed by atoms with Gasteiger partial charge in [0.2, 0.25) is 5.88 Å². The van der Waals surface area contributed by atoms with Gasteiger partial charge in [0.15, 0.2) is 0 Å². The zero-order valence-corrected chi connectivity index (χ0v) is 11.8. The van der Waals surface area contributed by atoms with E-state index in [1.165, 1.54) is 12.8 Å². The lowest BCUT2D eigenvalue weighted by Gasteiger charge is -2.10. The summed E-state index contributed by atoms with van der Waals surface area (Å²) >= 11 is 6.13. The quantitative estimate of drug-likeness (QED) is 0.824. The first-order valence-electron chi connectivity index (χ1n) is 6.64. The summed E-state index contributed by atoms with van der Waals surface area (Å²) in [7, 11) is 0. The van der Waals surface area contributed by atoms with Crippen LogP contribution in [0.4, 0.5) is 0 Å². The standard InChI is InChI=1S/C14H21ClN2O/c1-10(2)7-16-8-13-12(15)5-6-14(17-13)18-9-11-3-4-11/h5-6,10-11,16H,3-4,7-9H2,1-2H3. The first kappa shape index (κ1) is 13.6. The maximum Gasteiger partial charge on any atom is 0.213 e. The van der Waals surface area contributed by atoms with E-state index in [1.807, 2.05) is 12.1 Å². The Morgan fingerprint density at radius 2 is 2.22 bits per heavy atom. The molecule has 0 bridgehead atoms. The average molecular weight is 269 g/mol. The van der Waals surface area contributed by atoms with Crippen molar-refractivity contribution in [3.8, 4) is 5.88 Å². The van der Waals surface area contributed by atoms with E-state index in [-0.39, 0.29) is 0 Å². The Balaban J connectivity index is 1.88. The number of pyridine rings is 1. The Kier molecular flexibility index (Phi) is 4.84. The van der Waals surface area contributed by atoms with E-state index in [4.69, 9.17) is 16.3 Å². The predicted octanol–water partition coefficient (Wildman–Crippen LogP) is 3.27. The zero-order chi connectivity index (χ0) is 13.0. The average Bonchev–Trinajstić information content (AvgIpc) is 3.13. The Labute approximate surface area is 114 Å². The molecule has 1 aliphatic rings. The summed E-state index contributed by atoms with van der Waals surface area (Å²) < 4.78 is 5.66. The molecule has 2 rings (SSSR count). The molecule has 0 aromatic carbocycles. The van der Waals surface area contributed by atoms with Gasteiger partial charge in [-0.25, -0.2) is 4.98 Å². The number of halogens is 1. The highest BCUT2D eigenvalue weighted by Crippen LogP contribution is 2.29. The molecule has 0 amide bonds. The third-order valence-corrected chi connectivity index (χ3v) is 3.25. The molecule has 0 unspecified atom stereocenters. The summed E-state index contributed by atoms with van der Waals surface area (Å²) in [6, 6.07) is 3.71. The molecule has 0 radical (unpaired) electrons. The molecule has 1 aromatic heterocycles. The molecule has 0 spiro atoms. The van der Waals surface area contributed by atoms with Crippen LogP contribution in [0.1, 0.15) is 32.4 Å². The van der Waals surface area contributed by atoms with Gasteiger partial charge in [-0.1, -0.05) is 25.4 Å². The smallest absolute Gasteiger partial charge is 0.213 e. The van der Waals surface area contributed by atoms with Gasteiger partial charge in [0.05, 0.1) is 17.3 Å². The zero-order valence-electron chi connectivity index (χ0n) is 11.1. The van der Waals surface area contributed by atoms with E-state index in [1.54, 1.807) is 0 Å². The highest BCUT2D eigenvalue weighted by atomic mass is 35.5. The second-order valence-corrected chi connectivity index (χ2v) is 5.76. The normalized spacial score (nSPS) is 15.1. The molecule has 0 atom stereocenters. The van der Waals surface area contributed by atoms with Crippen LogP contribution in [0.5, 0.6) is 5.88 Å². The fourth-order valence-corrected chi connectivity index (χ4v) is 1.81. The summed E-state index contributed by atoms with van der Waals surface area (Å²) in [5.74, 6) is 2.05. The molecular weight excluding hydrogens is 248 g/mol. The van der Waals surface area contributed by atoms with Gasteiger partial charge in [0.1, 0.15) is 0 Å². The summed E-state index contributed by atoms with van der Waals surface area (Å²) in [6.45, 7) is 6.80. The number of hydrogen-bond acceptors (Lipinski definition) is 3. The summed E-state index contributed by atoms with van der Waals surface area (Å²) in [4.78, 5) is 4.45. The molecule has 0 saturated heterocycles. The van der Waals surface area contributed by atoms with Crippen molar-refractivity contribution in [1.82, 2.24) is 10.3 Å². The SMILES string of the molecule is CC(C)CNCc1nc(OCC2CC2)ccc1Cl. The van der Waals surface area contributed by atoms with Crippen molar-refractivity contribution in [3.05, 3.63) is 22.8 Å². The second-order valence-electron chi connectivity index (χ2n) is 5.36. The summed E-state index contributed by atoms with van der Waals surface area (Å²) in [6.07, 6.45) is 2.58. The van der Waals surface area contributed by atoms with Crippen molar-refractivity contribution < 1.29 is 4.74 Å². The third-order valence-electron chi connectivity index (χ3n) is 2.90. The molecule has 3 nitrogen and oxygen atoms in total. The van der Waals surface area contributed by atoms with Crippen LogP contribution in [0.25, 0.3) is 0 Å². The highest BCUT2D eigenvalue weighted by Gasteiger charge is 2.22.